The van der Waals surface area contributed by atoms with Crippen molar-refractivity contribution in [1.82, 2.24) is 0 Å². The Labute approximate surface area is 180 Å². The highest BCUT2D eigenvalue weighted by Crippen LogP contribution is 2.41. The summed E-state index contributed by atoms with van der Waals surface area (Å²) < 4.78 is 0. The first-order chi connectivity index (χ1) is 14.1. The van der Waals surface area contributed by atoms with Crippen LogP contribution >= 0.6 is 0 Å². The minimum absolute atomic E-state index is 0.181. The van der Waals surface area contributed by atoms with Crippen molar-refractivity contribution >= 4 is 5.97 Å². The van der Waals surface area contributed by atoms with Crippen molar-refractivity contribution in [1.29, 1.82) is 0 Å². The molecule has 1 rings (SSSR count). The van der Waals surface area contributed by atoms with Crippen LogP contribution in [0.5, 0.6) is 0 Å². The van der Waals surface area contributed by atoms with Crippen molar-refractivity contribution in [3.63, 3.8) is 0 Å². The minimum atomic E-state index is -0.598. The van der Waals surface area contributed by atoms with Crippen LogP contribution in [0.25, 0.3) is 0 Å². The van der Waals surface area contributed by atoms with Crippen LogP contribution < -0.4 is 0 Å². The minimum Gasteiger partial charge on any atom is -0.481 e. The molecule has 1 aromatic rings. The lowest BCUT2D eigenvalue weighted by Crippen LogP contribution is -2.22. The van der Waals surface area contributed by atoms with Gasteiger partial charge in [-0.3, -0.25) is 4.79 Å². The highest BCUT2D eigenvalue weighted by molar-refractivity contribution is 5.69. The fraction of sp³-hybridized carbons (Fsp3) is 0.741. The predicted octanol–water partition coefficient (Wildman–Crippen LogP) is 8.44. The number of benzene rings is 1. The Morgan fingerprint density at radius 2 is 1.28 bits per heavy atom. The Bertz CT molecular complexity index is 501. The summed E-state index contributed by atoms with van der Waals surface area (Å²) in [7, 11) is 0. The number of rotatable bonds is 18. The molecule has 0 aliphatic rings. The summed E-state index contributed by atoms with van der Waals surface area (Å²) >= 11 is 0. The van der Waals surface area contributed by atoms with Gasteiger partial charge in [-0.2, -0.15) is 0 Å². The summed E-state index contributed by atoms with van der Waals surface area (Å²) in [5, 5.41) is 9.72. The second-order valence-electron chi connectivity index (χ2n) is 9.12. The molecule has 1 N–H and O–H groups in total. The number of aliphatic carboxylic acids is 1. The predicted molar refractivity (Wildman–Crippen MR) is 125 cm³/mol. The van der Waals surface area contributed by atoms with E-state index < -0.39 is 5.97 Å². The zero-order chi connectivity index (χ0) is 21.4. The maximum atomic E-state index is 11.8. The number of hydrogen-bond donors (Lipinski definition) is 1. The van der Waals surface area contributed by atoms with Crippen LogP contribution in [-0.2, 0) is 11.2 Å². The van der Waals surface area contributed by atoms with Gasteiger partial charge in [0.2, 0.25) is 0 Å². The van der Waals surface area contributed by atoms with Gasteiger partial charge >= 0.3 is 5.97 Å². The normalized spacial score (nSPS) is 12.8. The molecule has 0 aromatic heterocycles. The van der Waals surface area contributed by atoms with Gasteiger partial charge in [-0.1, -0.05) is 96.0 Å². The van der Waals surface area contributed by atoms with E-state index in [2.05, 4.69) is 45.0 Å². The van der Waals surface area contributed by atoms with E-state index in [1.54, 1.807) is 0 Å². The first kappa shape index (κ1) is 25.7. The Kier molecular flexibility index (Phi) is 13.8. The van der Waals surface area contributed by atoms with E-state index in [1.165, 1.54) is 69.8 Å². The second kappa shape index (κ2) is 15.5. The van der Waals surface area contributed by atoms with E-state index in [0.717, 1.165) is 32.1 Å². The van der Waals surface area contributed by atoms with Crippen molar-refractivity contribution in [2.45, 2.75) is 117 Å². The molecular weight excluding hydrogens is 356 g/mol. The summed E-state index contributed by atoms with van der Waals surface area (Å²) in [5.74, 6) is -0.778. The third kappa shape index (κ3) is 10.9. The molecule has 29 heavy (non-hydrogen) atoms. The highest BCUT2D eigenvalue weighted by atomic mass is 16.4. The smallest absolute Gasteiger partial charge is 0.306 e. The molecule has 0 saturated carbocycles. The molecule has 2 nitrogen and oxygen atoms in total. The van der Waals surface area contributed by atoms with E-state index >= 15 is 0 Å². The lowest BCUT2D eigenvalue weighted by Gasteiger charge is -2.35. The largest absolute Gasteiger partial charge is 0.481 e. The number of carboxylic acids is 1. The molecule has 166 valence electrons. The van der Waals surface area contributed by atoms with E-state index in [1.807, 2.05) is 6.07 Å². The van der Waals surface area contributed by atoms with Crippen molar-refractivity contribution in [2.24, 2.45) is 11.3 Å². The van der Waals surface area contributed by atoms with E-state index in [4.69, 9.17) is 0 Å². The van der Waals surface area contributed by atoms with Gasteiger partial charge in [-0.05, 0) is 62.3 Å². The zero-order valence-electron chi connectivity index (χ0n) is 19.4. The van der Waals surface area contributed by atoms with Gasteiger partial charge in [0.15, 0.2) is 0 Å². The number of carbonyl (C=O) groups is 1. The standard InChI is InChI=1S/C27H46O2/c1-4-7-20-27(21-8-5-2,22-9-6-3)23-14-19-25(26(28)29)18-13-17-24-15-11-10-12-16-24/h10-12,15-16,25H,4-9,13-14,17-23H2,1-3H3,(H,28,29). The topological polar surface area (TPSA) is 37.3 Å². The molecule has 0 saturated heterocycles. The molecule has 0 bridgehead atoms. The van der Waals surface area contributed by atoms with Gasteiger partial charge in [-0.25, -0.2) is 0 Å². The molecule has 0 spiro atoms. The molecule has 0 aliphatic heterocycles. The molecule has 0 fully saturated rings. The summed E-state index contributed by atoms with van der Waals surface area (Å²) in [5.41, 5.74) is 1.77. The Balaban J connectivity index is 2.57. The van der Waals surface area contributed by atoms with Gasteiger partial charge in [0.25, 0.3) is 0 Å². The van der Waals surface area contributed by atoms with Crippen LogP contribution in [0.4, 0.5) is 0 Å². The highest BCUT2D eigenvalue weighted by Gasteiger charge is 2.28. The van der Waals surface area contributed by atoms with Crippen molar-refractivity contribution in [3.8, 4) is 0 Å². The average molecular weight is 403 g/mol. The SMILES string of the molecule is CCCCC(CCCC)(CCCC)CCCC(CCCc1ccccc1)C(=O)O. The molecule has 0 radical (unpaired) electrons. The third-order valence-electron chi connectivity index (χ3n) is 6.65. The maximum Gasteiger partial charge on any atom is 0.306 e. The lowest BCUT2D eigenvalue weighted by atomic mass is 9.70. The molecular formula is C27H46O2. The van der Waals surface area contributed by atoms with E-state index in [-0.39, 0.29) is 5.92 Å². The number of carboxylic acid groups (broad SMARTS) is 1. The van der Waals surface area contributed by atoms with Gasteiger partial charge in [0.05, 0.1) is 5.92 Å². The molecule has 1 aromatic carbocycles. The molecule has 1 atom stereocenters. The Hall–Kier alpha value is -1.31. The van der Waals surface area contributed by atoms with Crippen LogP contribution in [0.1, 0.15) is 116 Å². The third-order valence-corrected chi connectivity index (χ3v) is 6.65. The molecule has 0 aliphatic carbocycles. The summed E-state index contributed by atoms with van der Waals surface area (Å²) in [4.78, 5) is 11.8. The van der Waals surface area contributed by atoms with Gasteiger partial charge < -0.3 is 5.11 Å². The first-order valence-corrected chi connectivity index (χ1v) is 12.3. The fourth-order valence-corrected chi connectivity index (χ4v) is 4.72. The molecule has 1 unspecified atom stereocenters. The molecule has 2 heteroatoms. The van der Waals surface area contributed by atoms with Crippen molar-refractivity contribution < 1.29 is 9.90 Å². The van der Waals surface area contributed by atoms with Crippen molar-refractivity contribution in [3.05, 3.63) is 35.9 Å². The van der Waals surface area contributed by atoms with Crippen LogP contribution in [0.3, 0.4) is 0 Å². The summed E-state index contributed by atoms with van der Waals surface area (Å²) in [6.07, 6.45) is 17.6. The summed E-state index contributed by atoms with van der Waals surface area (Å²) in [6.45, 7) is 6.87. The Morgan fingerprint density at radius 1 is 0.793 bits per heavy atom. The monoisotopic (exact) mass is 402 g/mol. The fourth-order valence-electron chi connectivity index (χ4n) is 4.72. The number of hydrogen-bond acceptors (Lipinski definition) is 1. The zero-order valence-corrected chi connectivity index (χ0v) is 19.4. The quantitative estimate of drug-likeness (QED) is 0.267. The Morgan fingerprint density at radius 3 is 1.76 bits per heavy atom. The average Bonchev–Trinajstić information content (AvgIpc) is 2.74. The van der Waals surface area contributed by atoms with Crippen LogP contribution in [0.15, 0.2) is 30.3 Å². The first-order valence-electron chi connectivity index (χ1n) is 12.3. The number of aryl methyl sites for hydroxylation is 1. The molecule has 0 amide bonds. The lowest BCUT2D eigenvalue weighted by molar-refractivity contribution is -0.142. The van der Waals surface area contributed by atoms with Gasteiger partial charge in [0, 0.05) is 0 Å². The second-order valence-corrected chi connectivity index (χ2v) is 9.12. The van der Waals surface area contributed by atoms with Crippen molar-refractivity contribution in [2.75, 3.05) is 0 Å². The molecule has 0 heterocycles. The number of unbranched alkanes of at least 4 members (excludes halogenated alkanes) is 3. The van der Waals surface area contributed by atoms with Gasteiger partial charge in [0.1, 0.15) is 0 Å². The van der Waals surface area contributed by atoms with Crippen LogP contribution in [0.2, 0.25) is 0 Å². The summed E-state index contributed by atoms with van der Waals surface area (Å²) in [6, 6.07) is 10.4. The van der Waals surface area contributed by atoms with Crippen LogP contribution in [0, 0.1) is 11.3 Å². The van der Waals surface area contributed by atoms with E-state index in [0.29, 0.717) is 5.41 Å². The van der Waals surface area contributed by atoms with Crippen LogP contribution in [-0.4, -0.2) is 11.1 Å². The van der Waals surface area contributed by atoms with E-state index in [9.17, 15) is 9.90 Å². The maximum absolute atomic E-state index is 11.8. The van der Waals surface area contributed by atoms with Gasteiger partial charge in [-0.15, -0.1) is 0 Å².